The fourth-order valence-electron chi connectivity index (χ4n) is 3.46. The van der Waals surface area contributed by atoms with Gasteiger partial charge in [0.05, 0.1) is 4.90 Å². The minimum absolute atomic E-state index is 0.0574. The first kappa shape index (κ1) is 16.1. The molecule has 1 aromatic rings. The van der Waals surface area contributed by atoms with Crippen LogP contribution in [0.15, 0.2) is 29.2 Å². The van der Waals surface area contributed by atoms with Crippen molar-refractivity contribution >= 4 is 21.7 Å². The molecule has 124 valence electrons. The summed E-state index contributed by atoms with van der Waals surface area (Å²) < 4.78 is 26.1. The van der Waals surface area contributed by atoms with Crippen molar-refractivity contribution in [3.8, 4) is 0 Å². The average molecular weight is 337 g/mol. The van der Waals surface area contributed by atoms with E-state index in [1.54, 1.807) is 12.1 Å². The lowest BCUT2D eigenvalue weighted by Gasteiger charge is -2.40. The van der Waals surface area contributed by atoms with E-state index in [-0.39, 0.29) is 23.5 Å². The highest BCUT2D eigenvalue weighted by Crippen LogP contribution is 2.45. The topological polar surface area (TPSA) is 91.8 Å². The number of Topliss-reactive ketones (excluding diaryl/α,β-unsaturated/α-hetero) is 1. The largest absolute Gasteiger partial charge is 0.372 e. The predicted octanol–water partition coefficient (Wildman–Crippen LogP) is 1.36. The van der Waals surface area contributed by atoms with Crippen molar-refractivity contribution in [3.63, 3.8) is 0 Å². The van der Waals surface area contributed by atoms with Crippen LogP contribution in [0.5, 0.6) is 0 Å². The number of hydrogen-bond acceptors (Lipinski definition) is 5. The van der Waals surface area contributed by atoms with Crippen molar-refractivity contribution in [2.24, 2.45) is 5.41 Å². The highest BCUT2D eigenvalue weighted by Gasteiger charge is 2.56. The summed E-state index contributed by atoms with van der Waals surface area (Å²) >= 11 is 0. The number of carbonyl (C=O) groups excluding carboxylic acids is 2. The summed E-state index contributed by atoms with van der Waals surface area (Å²) in [5.41, 5.74) is -0.381. The maximum atomic E-state index is 12.8. The minimum Gasteiger partial charge on any atom is -0.372 e. The molecule has 1 saturated carbocycles. The van der Waals surface area contributed by atoms with Crippen LogP contribution in [0.25, 0.3) is 0 Å². The second kappa shape index (κ2) is 5.42. The van der Waals surface area contributed by atoms with E-state index < -0.39 is 27.6 Å². The molecule has 1 heterocycles. The van der Waals surface area contributed by atoms with Gasteiger partial charge in [0.2, 0.25) is 0 Å². The first-order valence-corrected chi connectivity index (χ1v) is 9.10. The number of amides is 1. The van der Waals surface area contributed by atoms with Gasteiger partial charge < -0.3 is 5.11 Å². The van der Waals surface area contributed by atoms with Gasteiger partial charge in [0.25, 0.3) is 15.9 Å². The Morgan fingerprint density at radius 3 is 2.39 bits per heavy atom. The van der Waals surface area contributed by atoms with E-state index in [9.17, 15) is 23.1 Å². The number of benzene rings is 1. The molecular formula is C16H19NO5S. The molecule has 0 bridgehead atoms. The summed E-state index contributed by atoms with van der Waals surface area (Å²) in [4.78, 5) is 25.0. The third-order valence-corrected chi connectivity index (χ3v) is 6.62. The Hall–Kier alpha value is -1.73. The SMILES string of the molecule is Cc1ccc(S(=O)(=O)N2C(=O)[C@]3(CCCC3=O)CCC2O)cc1. The van der Waals surface area contributed by atoms with Crippen LogP contribution in [0.2, 0.25) is 0 Å². The van der Waals surface area contributed by atoms with E-state index in [2.05, 4.69) is 0 Å². The molecule has 0 aromatic heterocycles. The van der Waals surface area contributed by atoms with Gasteiger partial charge >= 0.3 is 0 Å². The van der Waals surface area contributed by atoms with Gasteiger partial charge in [0.15, 0.2) is 0 Å². The molecule has 1 aliphatic heterocycles. The predicted molar refractivity (Wildman–Crippen MR) is 81.7 cm³/mol. The summed E-state index contributed by atoms with van der Waals surface area (Å²) in [7, 11) is -4.18. The summed E-state index contributed by atoms with van der Waals surface area (Å²) in [6.07, 6.45) is 0.109. The van der Waals surface area contributed by atoms with Gasteiger partial charge in [-0.05, 0) is 44.7 Å². The summed E-state index contributed by atoms with van der Waals surface area (Å²) in [6.45, 7) is 1.82. The van der Waals surface area contributed by atoms with Gasteiger partial charge in [-0.25, -0.2) is 12.7 Å². The number of aliphatic hydroxyl groups excluding tert-OH is 1. The Morgan fingerprint density at radius 2 is 1.83 bits per heavy atom. The van der Waals surface area contributed by atoms with Gasteiger partial charge in [-0.15, -0.1) is 0 Å². The van der Waals surface area contributed by atoms with E-state index in [0.717, 1.165) is 5.56 Å². The number of ketones is 1. The Morgan fingerprint density at radius 1 is 1.17 bits per heavy atom. The average Bonchev–Trinajstić information content (AvgIpc) is 2.86. The molecule has 1 unspecified atom stereocenters. The zero-order valence-corrected chi connectivity index (χ0v) is 13.7. The number of aliphatic hydroxyl groups is 1. The van der Waals surface area contributed by atoms with E-state index in [1.807, 2.05) is 6.92 Å². The molecule has 2 fully saturated rings. The fourth-order valence-corrected chi connectivity index (χ4v) is 4.99. The van der Waals surface area contributed by atoms with Gasteiger partial charge in [0.1, 0.15) is 17.4 Å². The van der Waals surface area contributed by atoms with Gasteiger partial charge in [0, 0.05) is 6.42 Å². The van der Waals surface area contributed by atoms with E-state index >= 15 is 0 Å². The number of carbonyl (C=O) groups is 2. The highest BCUT2D eigenvalue weighted by atomic mass is 32.2. The Kier molecular flexibility index (Phi) is 3.80. The molecule has 1 N–H and O–H groups in total. The molecule has 1 saturated heterocycles. The van der Waals surface area contributed by atoms with Crippen molar-refractivity contribution in [1.29, 1.82) is 0 Å². The number of piperidine rings is 1. The van der Waals surface area contributed by atoms with Crippen molar-refractivity contribution < 1.29 is 23.1 Å². The molecule has 23 heavy (non-hydrogen) atoms. The van der Waals surface area contributed by atoms with Crippen LogP contribution in [0.1, 0.15) is 37.7 Å². The van der Waals surface area contributed by atoms with Gasteiger partial charge in [-0.1, -0.05) is 17.7 Å². The molecule has 2 atom stereocenters. The Labute approximate surface area is 135 Å². The third kappa shape index (κ3) is 2.38. The fraction of sp³-hybridized carbons (Fsp3) is 0.500. The van der Waals surface area contributed by atoms with Crippen LogP contribution >= 0.6 is 0 Å². The quantitative estimate of drug-likeness (QED) is 0.823. The maximum absolute atomic E-state index is 12.8. The van der Waals surface area contributed by atoms with Crippen molar-refractivity contribution in [1.82, 2.24) is 4.31 Å². The van der Waals surface area contributed by atoms with E-state index in [0.29, 0.717) is 23.6 Å². The van der Waals surface area contributed by atoms with Gasteiger partial charge in [-0.2, -0.15) is 0 Å². The van der Waals surface area contributed by atoms with Crippen molar-refractivity contribution in [2.75, 3.05) is 0 Å². The van der Waals surface area contributed by atoms with Crippen LogP contribution in [-0.4, -0.2) is 35.7 Å². The monoisotopic (exact) mass is 337 g/mol. The smallest absolute Gasteiger partial charge is 0.268 e. The number of aryl methyl sites for hydroxylation is 1. The number of nitrogens with zero attached hydrogens (tertiary/aromatic N) is 1. The molecule has 0 radical (unpaired) electrons. The Balaban J connectivity index is 2.04. The lowest BCUT2D eigenvalue weighted by molar-refractivity contribution is -0.155. The van der Waals surface area contributed by atoms with Crippen LogP contribution in [-0.2, 0) is 19.6 Å². The molecule has 1 aliphatic carbocycles. The van der Waals surface area contributed by atoms with E-state index in [1.165, 1.54) is 12.1 Å². The summed E-state index contributed by atoms with van der Waals surface area (Å²) in [6, 6.07) is 6.07. The van der Waals surface area contributed by atoms with Crippen molar-refractivity contribution in [3.05, 3.63) is 29.8 Å². The zero-order valence-electron chi connectivity index (χ0n) is 12.9. The molecular weight excluding hydrogens is 318 g/mol. The lowest BCUT2D eigenvalue weighted by Crippen LogP contribution is -2.57. The molecule has 1 amide bonds. The standard InChI is InChI=1S/C16H19NO5S/c1-11-4-6-12(7-5-11)23(21,22)17-14(19)8-10-16(15(17)20)9-2-3-13(16)18/h4-7,14,19H,2-3,8-10H2,1H3/t14?,16-/m1/s1. The normalized spacial score (nSPS) is 28.6. The Bertz CT molecular complexity index is 755. The lowest BCUT2D eigenvalue weighted by atomic mass is 9.77. The number of hydrogen-bond donors (Lipinski definition) is 1. The van der Waals surface area contributed by atoms with Crippen molar-refractivity contribution in [2.45, 2.75) is 50.2 Å². The number of rotatable bonds is 2. The molecule has 7 heteroatoms. The summed E-state index contributed by atoms with van der Waals surface area (Å²) in [5, 5.41) is 10.1. The van der Waals surface area contributed by atoms with Crippen LogP contribution in [0, 0.1) is 12.3 Å². The van der Waals surface area contributed by atoms with Crippen LogP contribution in [0.4, 0.5) is 0 Å². The molecule has 1 aromatic carbocycles. The minimum atomic E-state index is -4.18. The van der Waals surface area contributed by atoms with E-state index in [4.69, 9.17) is 0 Å². The highest BCUT2D eigenvalue weighted by molar-refractivity contribution is 7.89. The maximum Gasteiger partial charge on any atom is 0.268 e. The number of sulfonamides is 1. The molecule has 1 spiro atoms. The molecule has 6 nitrogen and oxygen atoms in total. The second-order valence-corrected chi connectivity index (χ2v) is 8.11. The zero-order chi connectivity index (χ0) is 16.8. The second-order valence-electron chi connectivity index (χ2n) is 6.30. The summed E-state index contributed by atoms with van der Waals surface area (Å²) in [5.74, 6) is -0.988. The van der Waals surface area contributed by atoms with Crippen LogP contribution < -0.4 is 0 Å². The first-order chi connectivity index (χ1) is 10.8. The molecule has 2 aliphatic rings. The van der Waals surface area contributed by atoms with Gasteiger partial charge in [-0.3, -0.25) is 9.59 Å². The molecule has 3 rings (SSSR count). The first-order valence-electron chi connectivity index (χ1n) is 7.66. The third-order valence-electron chi connectivity index (χ3n) is 4.83. The van der Waals surface area contributed by atoms with Crippen LogP contribution in [0.3, 0.4) is 0 Å².